The van der Waals surface area contributed by atoms with Gasteiger partial charge in [-0.25, -0.2) is 0 Å². The Bertz CT molecular complexity index is 652. The molecule has 1 spiro atoms. The van der Waals surface area contributed by atoms with E-state index in [1.54, 1.807) is 18.3 Å². The lowest BCUT2D eigenvalue weighted by molar-refractivity contribution is -0.141. The topological polar surface area (TPSA) is 75.6 Å². The van der Waals surface area contributed by atoms with E-state index < -0.39 is 0 Å². The molecule has 1 aromatic rings. The van der Waals surface area contributed by atoms with Crippen LogP contribution in [0.15, 0.2) is 18.3 Å². The monoisotopic (exact) mass is 358 g/mol. The van der Waals surface area contributed by atoms with Crippen molar-refractivity contribution < 1.29 is 14.3 Å². The minimum Gasteiger partial charge on any atom is -0.376 e. The number of carbonyl (C=O) groups excluding carboxylic acids is 2. The Kier molecular flexibility index (Phi) is 4.89. The highest BCUT2D eigenvalue weighted by Gasteiger charge is 2.42. The van der Waals surface area contributed by atoms with Crippen LogP contribution in [0.5, 0.6) is 0 Å². The van der Waals surface area contributed by atoms with Crippen molar-refractivity contribution in [2.75, 3.05) is 32.8 Å². The molecular weight excluding hydrogens is 332 g/mol. The summed E-state index contributed by atoms with van der Waals surface area (Å²) in [6.07, 6.45) is 7.35. The van der Waals surface area contributed by atoms with E-state index in [0.29, 0.717) is 12.1 Å². The summed E-state index contributed by atoms with van der Waals surface area (Å²) in [6, 6.07) is 3.45. The predicted molar refractivity (Wildman–Crippen MR) is 94.4 cm³/mol. The van der Waals surface area contributed by atoms with Crippen LogP contribution in [0.1, 0.15) is 49.0 Å². The van der Waals surface area contributed by atoms with Crippen LogP contribution < -0.4 is 0 Å². The van der Waals surface area contributed by atoms with Gasteiger partial charge in [0, 0.05) is 45.4 Å². The average Bonchev–Trinajstić information content (AvgIpc) is 3.19. The van der Waals surface area contributed by atoms with Crippen molar-refractivity contribution in [3.8, 4) is 0 Å². The Hall–Kier alpha value is -2.02. The zero-order valence-electron chi connectivity index (χ0n) is 15.1. The van der Waals surface area contributed by atoms with E-state index in [1.165, 1.54) is 0 Å². The number of rotatable bonds is 3. The van der Waals surface area contributed by atoms with Crippen molar-refractivity contribution in [3.63, 3.8) is 0 Å². The van der Waals surface area contributed by atoms with Crippen LogP contribution in [0, 0.1) is 5.41 Å². The van der Waals surface area contributed by atoms with Crippen LogP contribution in [0.25, 0.3) is 0 Å². The molecule has 0 N–H and O–H groups in total. The van der Waals surface area contributed by atoms with Crippen molar-refractivity contribution in [1.29, 1.82) is 0 Å². The molecule has 0 aromatic carbocycles. The number of ether oxygens (including phenoxy) is 1. The first-order chi connectivity index (χ1) is 12.7. The maximum absolute atomic E-state index is 12.6. The number of aromatic nitrogens is 2. The van der Waals surface area contributed by atoms with Crippen molar-refractivity contribution in [2.24, 2.45) is 5.41 Å². The van der Waals surface area contributed by atoms with Gasteiger partial charge in [0.2, 0.25) is 5.91 Å². The molecule has 7 heteroatoms. The number of likely N-dealkylation sites (tertiary alicyclic amines) is 2. The lowest BCUT2D eigenvalue weighted by atomic mass is 9.72. The molecule has 2 amide bonds. The van der Waals surface area contributed by atoms with Gasteiger partial charge in [0.25, 0.3) is 5.91 Å². The highest BCUT2D eigenvalue weighted by molar-refractivity contribution is 5.92. The largest absolute Gasteiger partial charge is 0.376 e. The first-order valence-corrected chi connectivity index (χ1v) is 9.62. The van der Waals surface area contributed by atoms with E-state index in [4.69, 9.17) is 4.74 Å². The van der Waals surface area contributed by atoms with E-state index in [0.717, 1.165) is 64.9 Å². The summed E-state index contributed by atoms with van der Waals surface area (Å²) in [5.74, 6) is 0.209. The Balaban J connectivity index is 1.36. The molecule has 0 saturated carbocycles. The van der Waals surface area contributed by atoms with E-state index in [2.05, 4.69) is 10.2 Å². The van der Waals surface area contributed by atoms with Crippen LogP contribution in [0.2, 0.25) is 0 Å². The van der Waals surface area contributed by atoms with Crippen LogP contribution in [0.4, 0.5) is 0 Å². The number of hydrogen-bond acceptors (Lipinski definition) is 5. The van der Waals surface area contributed by atoms with Gasteiger partial charge in [-0.05, 0) is 49.7 Å². The van der Waals surface area contributed by atoms with Crippen molar-refractivity contribution in [2.45, 2.75) is 44.6 Å². The molecule has 4 heterocycles. The van der Waals surface area contributed by atoms with E-state index in [-0.39, 0.29) is 23.3 Å². The van der Waals surface area contributed by atoms with Gasteiger partial charge >= 0.3 is 0 Å². The third-order valence-electron chi connectivity index (χ3n) is 6.10. The normalized spacial score (nSPS) is 25.7. The molecule has 140 valence electrons. The Morgan fingerprint density at radius 2 is 2.15 bits per heavy atom. The molecule has 0 aliphatic carbocycles. The summed E-state index contributed by atoms with van der Waals surface area (Å²) in [5, 5.41) is 7.73. The average molecular weight is 358 g/mol. The number of carbonyl (C=O) groups is 2. The standard InChI is InChI=1S/C19H26N4O3/c24-17-5-6-19(14-23(17)13-15-3-2-12-26-15)7-10-22(11-8-19)18(25)16-4-1-9-20-21-16/h1,4,9,15H,2-3,5-8,10-14H2. The van der Waals surface area contributed by atoms with Gasteiger partial charge in [-0.1, -0.05) is 0 Å². The smallest absolute Gasteiger partial charge is 0.274 e. The Morgan fingerprint density at radius 1 is 1.31 bits per heavy atom. The number of amides is 2. The zero-order valence-corrected chi connectivity index (χ0v) is 15.1. The minimum absolute atomic E-state index is 0.0453. The molecular formula is C19H26N4O3. The zero-order chi connectivity index (χ0) is 18.0. The molecule has 3 fully saturated rings. The summed E-state index contributed by atoms with van der Waals surface area (Å²) in [5.41, 5.74) is 0.549. The molecule has 26 heavy (non-hydrogen) atoms. The van der Waals surface area contributed by atoms with E-state index in [1.807, 2.05) is 9.80 Å². The fraction of sp³-hybridized carbons (Fsp3) is 0.684. The first kappa shape index (κ1) is 17.4. The van der Waals surface area contributed by atoms with Crippen molar-refractivity contribution in [1.82, 2.24) is 20.0 Å². The molecule has 3 aliphatic heterocycles. The quantitative estimate of drug-likeness (QED) is 0.818. The van der Waals surface area contributed by atoms with Gasteiger partial charge < -0.3 is 14.5 Å². The Morgan fingerprint density at radius 3 is 2.85 bits per heavy atom. The van der Waals surface area contributed by atoms with E-state index in [9.17, 15) is 9.59 Å². The van der Waals surface area contributed by atoms with Gasteiger partial charge in [-0.2, -0.15) is 5.10 Å². The van der Waals surface area contributed by atoms with Crippen molar-refractivity contribution >= 4 is 11.8 Å². The maximum atomic E-state index is 12.6. The molecule has 0 radical (unpaired) electrons. The van der Waals surface area contributed by atoms with Gasteiger partial charge in [-0.3, -0.25) is 9.59 Å². The van der Waals surface area contributed by atoms with Crippen molar-refractivity contribution in [3.05, 3.63) is 24.0 Å². The Labute approximate surface area is 153 Å². The summed E-state index contributed by atoms with van der Waals surface area (Å²) >= 11 is 0. The third kappa shape index (κ3) is 3.58. The fourth-order valence-electron chi connectivity index (χ4n) is 4.47. The molecule has 1 unspecified atom stereocenters. The van der Waals surface area contributed by atoms with Crippen LogP contribution in [-0.4, -0.2) is 70.7 Å². The maximum Gasteiger partial charge on any atom is 0.274 e. The predicted octanol–water partition coefficient (Wildman–Crippen LogP) is 1.50. The summed E-state index contributed by atoms with van der Waals surface area (Å²) in [6.45, 7) is 3.79. The number of nitrogens with zero attached hydrogens (tertiary/aromatic N) is 4. The molecule has 7 nitrogen and oxygen atoms in total. The molecule has 4 rings (SSSR count). The molecule has 1 aromatic heterocycles. The second kappa shape index (κ2) is 7.31. The van der Waals surface area contributed by atoms with Crippen LogP contribution >= 0.6 is 0 Å². The lowest BCUT2D eigenvalue weighted by Gasteiger charge is -2.47. The molecule has 3 aliphatic rings. The SMILES string of the molecule is O=C1CCC2(CCN(C(=O)c3cccnn3)CC2)CN1CC1CCCO1. The second-order valence-corrected chi connectivity index (χ2v) is 7.81. The van der Waals surface area contributed by atoms with Crippen LogP contribution in [0.3, 0.4) is 0 Å². The highest BCUT2D eigenvalue weighted by atomic mass is 16.5. The number of piperidine rings is 2. The van der Waals surface area contributed by atoms with E-state index >= 15 is 0 Å². The third-order valence-corrected chi connectivity index (χ3v) is 6.10. The van der Waals surface area contributed by atoms with Gasteiger partial charge in [0.1, 0.15) is 0 Å². The highest BCUT2D eigenvalue weighted by Crippen LogP contribution is 2.40. The second-order valence-electron chi connectivity index (χ2n) is 7.81. The van der Waals surface area contributed by atoms with Gasteiger partial charge in [0.05, 0.1) is 6.10 Å². The van der Waals surface area contributed by atoms with Gasteiger partial charge in [-0.15, -0.1) is 5.10 Å². The summed E-state index contributed by atoms with van der Waals surface area (Å²) in [7, 11) is 0. The number of hydrogen-bond donors (Lipinski definition) is 0. The molecule has 1 atom stereocenters. The van der Waals surface area contributed by atoms with Crippen LogP contribution in [-0.2, 0) is 9.53 Å². The van der Waals surface area contributed by atoms with Gasteiger partial charge in [0.15, 0.2) is 5.69 Å². The molecule has 0 bridgehead atoms. The first-order valence-electron chi connectivity index (χ1n) is 9.62. The fourth-order valence-corrected chi connectivity index (χ4v) is 4.47. The molecule has 3 saturated heterocycles. The minimum atomic E-state index is -0.0453. The lowest BCUT2D eigenvalue weighted by Crippen LogP contribution is -2.53. The summed E-state index contributed by atoms with van der Waals surface area (Å²) in [4.78, 5) is 28.8. The summed E-state index contributed by atoms with van der Waals surface area (Å²) < 4.78 is 5.72.